The lowest BCUT2D eigenvalue weighted by atomic mass is 10.2. The molecule has 0 spiro atoms. The topological polar surface area (TPSA) is 32.3 Å². The van der Waals surface area contributed by atoms with E-state index in [0.717, 1.165) is 5.69 Å². The van der Waals surface area contributed by atoms with Crippen molar-refractivity contribution in [2.45, 2.75) is 0 Å². The highest BCUT2D eigenvalue weighted by molar-refractivity contribution is 14.1. The number of nitrogens with zero attached hydrogens (tertiary/aromatic N) is 1. The molecule has 0 radical (unpaired) electrons. The first kappa shape index (κ1) is 14.8. The van der Waals surface area contributed by atoms with Crippen molar-refractivity contribution in [2.75, 3.05) is 24.3 Å². The van der Waals surface area contributed by atoms with Gasteiger partial charge in [0.05, 0.1) is 5.56 Å². The molecule has 0 saturated heterocycles. The molecule has 0 aromatic heterocycles. The fraction of sp³-hybridized carbons (Fsp3) is 0.133. The summed E-state index contributed by atoms with van der Waals surface area (Å²) in [5, 5.41) is 2.82. The molecule has 2 rings (SSSR count). The van der Waals surface area contributed by atoms with Gasteiger partial charge in [0, 0.05) is 29.0 Å². The minimum atomic E-state index is -0.347. The maximum Gasteiger partial charge on any atom is 0.256 e. The number of hydrogen-bond donors (Lipinski definition) is 1. The van der Waals surface area contributed by atoms with Gasteiger partial charge in [-0.1, -0.05) is 6.07 Å². The number of carbonyl (C=O) groups excluding carboxylic acids is 1. The monoisotopic (exact) mass is 384 g/mol. The highest BCUT2D eigenvalue weighted by atomic mass is 127. The van der Waals surface area contributed by atoms with Crippen LogP contribution in [0.1, 0.15) is 10.4 Å². The lowest BCUT2D eigenvalue weighted by molar-refractivity contribution is 0.102. The van der Waals surface area contributed by atoms with Crippen LogP contribution in [0, 0.1) is 9.39 Å². The third-order valence-corrected chi connectivity index (χ3v) is 3.69. The van der Waals surface area contributed by atoms with E-state index in [1.54, 1.807) is 0 Å². The standard InChI is InChI=1S/C15H14FIN2O/c1-19(2)12-5-3-4-11(9-12)18-15(20)13-7-6-10(16)8-14(13)17/h3-9H,1-2H3,(H,18,20). The van der Waals surface area contributed by atoms with E-state index in [9.17, 15) is 9.18 Å². The van der Waals surface area contributed by atoms with Crippen molar-refractivity contribution >= 4 is 39.9 Å². The van der Waals surface area contributed by atoms with E-state index in [-0.39, 0.29) is 11.7 Å². The van der Waals surface area contributed by atoms with E-state index in [1.165, 1.54) is 18.2 Å². The maximum absolute atomic E-state index is 13.0. The minimum Gasteiger partial charge on any atom is -0.378 e. The summed E-state index contributed by atoms with van der Waals surface area (Å²) < 4.78 is 13.6. The Labute approximate surface area is 130 Å². The molecule has 104 valence electrons. The average Bonchev–Trinajstić information content (AvgIpc) is 2.38. The molecule has 0 aliphatic heterocycles. The molecule has 0 bridgehead atoms. The third-order valence-electron chi connectivity index (χ3n) is 2.80. The Balaban J connectivity index is 2.21. The smallest absolute Gasteiger partial charge is 0.256 e. The van der Waals surface area contributed by atoms with Crippen molar-refractivity contribution in [3.05, 3.63) is 57.4 Å². The van der Waals surface area contributed by atoms with E-state index in [0.29, 0.717) is 14.8 Å². The SMILES string of the molecule is CN(C)c1cccc(NC(=O)c2ccc(F)cc2I)c1. The summed E-state index contributed by atoms with van der Waals surface area (Å²) in [7, 11) is 3.87. The normalized spacial score (nSPS) is 10.2. The van der Waals surface area contributed by atoms with Crippen LogP contribution in [0.2, 0.25) is 0 Å². The summed E-state index contributed by atoms with van der Waals surface area (Å²) in [6, 6.07) is 11.6. The summed E-state index contributed by atoms with van der Waals surface area (Å²) in [6.07, 6.45) is 0. The van der Waals surface area contributed by atoms with Crippen LogP contribution in [-0.2, 0) is 0 Å². The number of carbonyl (C=O) groups is 1. The van der Waals surface area contributed by atoms with Crippen molar-refractivity contribution in [3.63, 3.8) is 0 Å². The molecule has 0 saturated carbocycles. The molecule has 0 aliphatic carbocycles. The summed E-state index contributed by atoms with van der Waals surface area (Å²) >= 11 is 1.95. The summed E-state index contributed by atoms with van der Waals surface area (Å²) in [4.78, 5) is 14.1. The van der Waals surface area contributed by atoms with Gasteiger partial charge < -0.3 is 10.2 Å². The molecular weight excluding hydrogens is 370 g/mol. The van der Waals surface area contributed by atoms with Crippen LogP contribution >= 0.6 is 22.6 Å². The number of anilines is 2. The molecule has 0 unspecified atom stereocenters. The number of benzene rings is 2. The lowest BCUT2D eigenvalue weighted by Crippen LogP contribution is -2.14. The fourth-order valence-corrected chi connectivity index (χ4v) is 2.46. The molecule has 0 fully saturated rings. The van der Waals surface area contributed by atoms with Gasteiger partial charge in [-0.2, -0.15) is 0 Å². The zero-order valence-corrected chi connectivity index (χ0v) is 13.3. The van der Waals surface area contributed by atoms with E-state index < -0.39 is 0 Å². The Bertz CT molecular complexity index is 644. The Morgan fingerprint density at radius 3 is 2.60 bits per heavy atom. The molecule has 0 atom stereocenters. The van der Waals surface area contributed by atoms with Crippen LogP contribution in [0.15, 0.2) is 42.5 Å². The average molecular weight is 384 g/mol. The number of amides is 1. The van der Waals surface area contributed by atoms with E-state index in [1.807, 2.05) is 65.9 Å². The van der Waals surface area contributed by atoms with Gasteiger partial charge in [0.25, 0.3) is 5.91 Å². The molecule has 2 aromatic carbocycles. The van der Waals surface area contributed by atoms with Crippen molar-refractivity contribution in [1.29, 1.82) is 0 Å². The molecule has 0 aliphatic rings. The Kier molecular flexibility index (Phi) is 4.59. The van der Waals surface area contributed by atoms with Crippen LogP contribution in [0.3, 0.4) is 0 Å². The van der Waals surface area contributed by atoms with Crippen LogP contribution in [0.5, 0.6) is 0 Å². The zero-order chi connectivity index (χ0) is 14.7. The Hall–Kier alpha value is -1.63. The van der Waals surface area contributed by atoms with Crippen LogP contribution in [0.25, 0.3) is 0 Å². The van der Waals surface area contributed by atoms with Gasteiger partial charge in [-0.05, 0) is 59.0 Å². The minimum absolute atomic E-state index is 0.245. The van der Waals surface area contributed by atoms with Crippen LogP contribution in [-0.4, -0.2) is 20.0 Å². The van der Waals surface area contributed by atoms with E-state index in [4.69, 9.17) is 0 Å². The van der Waals surface area contributed by atoms with Gasteiger partial charge in [-0.15, -0.1) is 0 Å². The molecule has 0 heterocycles. The number of halogens is 2. The highest BCUT2D eigenvalue weighted by Crippen LogP contribution is 2.20. The van der Waals surface area contributed by atoms with Gasteiger partial charge in [0.15, 0.2) is 0 Å². The quantitative estimate of drug-likeness (QED) is 0.818. The van der Waals surface area contributed by atoms with Gasteiger partial charge in [-0.25, -0.2) is 4.39 Å². The zero-order valence-electron chi connectivity index (χ0n) is 11.2. The van der Waals surface area contributed by atoms with Crippen molar-refractivity contribution < 1.29 is 9.18 Å². The molecule has 3 nitrogen and oxygen atoms in total. The number of nitrogens with one attached hydrogen (secondary N) is 1. The first-order valence-electron chi connectivity index (χ1n) is 6.01. The largest absolute Gasteiger partial charge is 0.378 e. The predicted molar refractivity (Wildman–Crippen MR) is 87.8 cm³/mol. The summed E-state index contributed by atoms with van der Waals surface area (Å²) in [5.74, 6) is -0.592. The van der Waals surface area contributed by atoms with Crippen LogP contribution in [0.4, 0.5) is 15.8 Å². The first-order valence-corrected chi connectivity index (χ1v) is 7.09. The second-order valence-corrected chi connectivity index (χ2v) is 5.69. The lowest BCUT2D eigenvalue weighted by Gasteiger charge is -2.14. The predicted octanol–water partition coefficient (Wildman–Crippen LogP) is 3.75. The Morgan fingerprint density at radius 2 is 1.95 bits per heavy atom. The summed E-state index contributed by atoms with van der Waals surface area (Å²) in [5.41, 5.74) is 2.17. The van der Waals surface area contributed by atoms with Gasteiger partial charge in [0.1, 0.15) is 5.82 Å². The number of rotatable bonds is 3. The van der Waals surface area contributed by atoms with Crippen molar-refractivity contribution in [2.24, 2.45) is 0 Å². The number of hydrogen-bond acceptors (Lipinski definition) is 2. The molecule has 1 N–H and O–H groups in total. The van der Waals surface area contributed by atoms with E-state index >= 15 is 0 Å². The van der Waals surface area contributed by atoms with Crippen LogP contribution < -0.4 is 10.2 Å². The third kappa shape index (κ3) is 3.47. The maximum atomic E-state index is 13.0. The van der Waals surface area contributed by atoms with Gasteiger partial charge in [0.2, 0.25) is 0 Å². The van der Waals surface area contributed by atoms with Crippen molar-refractivity contribution in [3.8, 4) is 0 Å². The molecule has 1 amide bonds. The summed E-state index contributed by atoms with van der Waals surface area (Å²) in [6.45, 7) is 0. The fourth-order valence-electron chi connectivity index (χ4n) is 1.73. The molecule has 20 heavy (non-hydrogen) atoms. The molecular formula is C15H14FIN2O. The van der Waals surface area contributed by atoms with Gasteiger partial charge in [-0.3, -0.25) is 4.79 Å². The molecule has 2 aromatic rings. The first-order chi connectivity index (χ1) is 9.47. The second-order valence-electron chi connectivity index (χ2n) is 4.52. The Morgan fingerprint density at radius 1 is 1.20 bits per heavy atom. The van der Waals surface area contributed by atoms with Crippen molar-refractivity contribution in [1.82, 2.24) is 0 Å². The van der Waals surface area contributed by atoms with Gasteiger partial charge >= 0.3 is 0 Å². The second kappa shape index (κ2) is 6.21. The highest BCUT2D eigenvalue weighted by Gasteiger charge is 2.11. The van der Waals surface area contributed by atoms with E-state index in [2.05, 4.69) is 5.32 Å². The molecule has 5 heteroatoms.